The van der Waals surface area contributed by atoms with E-state index in [0.29, 0.717) is 22.6 Å². The predicted octanol–water partition coefficient (Wildman–Crippen LogP) is 4.08. The maximum atomic E-state index is 12.4. The number of rotatable bonds is 6. The van der Waals surface area contributed by atoms with Crippen LogP contribution in [0.3, 0.4) is 0 Å². The van der Waals surface area contributed by atoms with E-state index in [2.05, 4.69) is 15.8 Å². The Morgan fingerprint density at radius 1 is 1.00 bits per heavy atom. The second-order valence-corrected chi connectivity index (χ2v) is 7.23. The number of hydrazone groups is 1. The van der Waals surface area contributed by atoms with E-state index >= 15 is 0 Å². The van der Waals surface area contributed by atoms with Crippen LogP contribution in [0.2, 0.25) is 0 Å². The van der Waals surface area contributed by atoms with Gasteiger partial charge in [0, 0.05) is 26.6 Å². The van der Waals surface area contributed by atoms with E-state index in [1.165, 1.54) is 4.88 Å². The molecule has 1 aromatic heterocycles. The zero-order valence-electron chi connectivity index (χ0n) is 15.4. The highest BCUT2D eigenvalue weighted by Crippen LogP contribution is 2.15. The number of hydrogen-bond donors (Lipinski definition) is 2. The van der Waals surface area contributed by atoms with Crippen molar-refractivity contribution in [3.8, 4) is 5.75 Å². The van der Waals surface area contributed by atoms with Crippen molar-refractivity contribution >= 4 is 35.1 Å². The number of thiophene rings is 1. The summed E-state index contributed by atoms with van der Waals surface area (Å²) in [6.45, 7) is 2.01. The predicted molar refractivity (Wildman–Crippen MR) is 112 cm³/mol. The molecule has 6 nitrogen and oxygen atoms in total. The molecule has 1 heterocycles. The van der Waals surface area contributed by atoms with Gasteiger partial charge in [0.25, 0.3) is 11.8 Å². The summed E-state index contributed by atoms with van der Waals surface area (Å²) in [4.78, 5) is 26.8. The summed E-state index contributed by atoms with van der Waals surface area (Å²) >= 11 is 1.59. The monoisotopic (exact) mass is 393 g/mol. The molecule has 0 aliphatic heterocycles. The summed E-state index contributed by atoms with van der Waals surface area (Å²) in [5.74, 6) is 0.0462. The van der Waals surface area contributed by atoms with Gasteiger partial charge in [-0.05, 0) is 61.5 Å². The van der Waals surface area contributed by atoms with Crippen molar-refractivity contribution in [3.05, 3.63) is 81.5 Å². The van der Waals surface area contributed by atoms with Crippen molar-refractivity contribution in [2.75, 3.05) is 12.4 Å². The van der Waals surface area contributed by atoms with E-state index in [1.54, 1.807) is 73.2 Å². The third-order valence-corrected chi connectivity index (χ3v) is 4.79. The molecule has 2 amide bonds. The minimum atomic E-state index is -0.356. The van der Waals surface area contributed by atoms with Gasteiger partial charge in [0.15, 0.2) is 0 Å². The van der Waals surface area contributed by atoms with E-state index in [9.17, 15) is 9.59 Å². The zero-order valence-corrected chi connectivity index (χ0v) is 16.2. The van der Waals surface area contributed by atoms with Crippen LogP contribution in [0, 0.1) is 6.92 Å². The Kier molecular flexibility index (Phi) is 6.18. The number of aryl methyl sites for hydroxylation is 1. The lowest BCUT2D eigenvalue weighted by Crippen LogP contribution is -2.18. The first kappa shape index (κ1) is 19.3. The Labute approximate surface area is 166 Å². The summed E-state index contributed by atoms with van der Waals surface area (Å²) < 4.78 is 5.08. The Balaban J connectivity index is 1.63. The van der Waals surface area contributed by atoms with Crippen LogP contribution in [0.4, 0.5) is 5.69 Å². The maximum Gasteiger partial charge on any atom is 0.271 e. The summed E-state index contributed by atoms with van der Waals surface area (Å²) in [6.07, 6.45) is 1.60. The van der Waals surface area contributed by atoms with Gasteiger partial charge in [0.2, 0.25) is 0 Å². The molecule has 0 unspecified atom stereocenters. The number of carbonyl (C=O) groups excluding carboxylic acids is 2. The van der Waals surface area contributed by atoms with Crippen LogP contribution in [0.15, 0.2) is 65.8 Å². The van der Waals surface area contributed by atoms with E-state index < -0.39 is 0 Å². The minimum Gasteiger partial charge on any atom is -0.497 e. The van der Waals surface area contributed by atoms with Crippen molar-refractivity contribution in [2.24, 2.45) is 5.10 Å². The highest BCUT2D eigenvalue weighted by molar-refractivity contribution is 7.13. The molecule has 0 bridgehead atoms. The number of benzene rings is 2. The molecule has 0 radical (unpaired) electrons. The molecule has 0 saturated heterocycles. The molecule has 0 spiro atoms. The first-order valence-electron chi connectivity index (χ1n) is 8.50. The Bertz CT molecular complexity index is 1010. The average molecular weight is 393 g/mol. The number of hydrogen-bond acceptors (Lipinski definition) is 5. The number of nitrogens with zero attached hydrogens (tertiary/aromatic N) is 1. The van der Waals surface area contributed by atoms with Crippen molar-refractivity contribution < 1.29 is 14.3 Å². The molecule has 2 aromatic carbocycles. The van der Waals surface area contributed by atoms with Gasteiger partial charge in [-0.15, -0.1) is 11.3 Å². The third-order valence-electron chi connectivity index (χ3n) is 3.85. The van der Waals surface area contributed by atoms with Crippen LogP contribution < -0.4 is 15.5 Å². The van der Waals surface area contributed by atoms with E-state index in [0.717, 1.165) is 4.88 Å². The molecular weight excluding hydrogens is 374 g/mol. The molecule has 3 rings (SSSR count). The van der Waals surface area contributed by atoms with Crippen molar-refractivity contribution in [2.45, 2.75) is 6.92 Å². The largest absolute Gasteiger partial charge is 0.497 e. The van der Waals surface area contributed by atoms with Crippen LogP contribution in [0.5, 0.6) is 5.75 Å². The molecular formula is C21H19N3O3S. The lowest BCUT2D eigenvalue weighted by Gasteiger charge is -2.07. The van der Waals surface area contributed by atoms with Gasteiger partial charge in [-0.25, -0.2) is 5.43 Å². The fraction of sp³-hybridized carbons (Fsp3) is 0.0952. The number of amides is 2. The minimum absolute atomic E-state index is 0.272. The van der Waals surface area contributed by atoms with Crippen LogP contribution in [0.25, 0.3) is 0 Å². The lowest BCUT2D eigenvalue weighted by molar-refractivity contribution is 0.0953. The average Bonchev–Trinajstić information content (AvgIpc) is 3.13. The number of nitrogens with one attached hydrogen (secondary N) is 2. The molecule has 7 heteroatoms. The van der Waals surface area contributed by atoms with Gasteiger partial charge in [0.1, 0.15) is 5.75 Å². The van der Waals surface area contributed by atoms with Gasteiger partial charge < -0.3 is 10.1 Å². The van der Waals surface area contributed by atoms with Crippen LogP contribution in [-0.4, -0.2) is 25.1 Å². The third kappa shape index (κ3) is 5.05. The first-order valence-corrected chi connectivity index (χ1v) is 9.32. The number of carbonyl (C=O) groups is 2. The topological polar surface area (TPSA) is 79.8 Å². The molecule has 0 atom stereocenters. The fourth-order valence-corrected chi connectivity index (χ4v) is 3.18. The quantitative estimate of drug-likeness (QED) is 0.489. The number of anilines is 1. The van der Waals surface area contributed by atoms with Crippen LogP contribution in [-0.2, 0) is 0 Å². The van der Waals surface area contributed by atoms with Crippen molar-refractivity contribution in [1.82, 2.24) is 5.43 Å². The molecule has 0 aliphatic rings. The fourth-order valence-electron chi connectivity index (χ4n) is 2.43. The summed E-state index contributed by atoms with van der Waals surface area (Å²) in [5, 5.41) is 6.75. The van der Waals surface area contributed by atoms with Gasteiger partial charge in [-0.1, -0.05) is 6.07 Å². The summed E-state index contributed by atoms with van der Waals surface area (Å²) in [7, 11) is 1.57. The molecule has 0 aliphatic carbocycles. The highest BCUT2D eigenvalue weighted by Gasteiger charge is 2.09. The Hall–Kier alpha value is -3.45. The van der Waals surface area contributed by atoms with Gasteiger partial charge >= 0.3 is 0 Å². The van der Waals surface area contributed by atoms with Gasteiger partial charge in [-0.2, -0.15) is 5.10 Å². The van der Waals surface area contributed by atoms with E-state index in [-0.39, 0.29) is 11.8 Å². The van der Waals surface area contributed by atoms with Gasteiger partial charge in [-0.3, -0.25) is 9.59 Å². The molecule has 0 saturated carbocycles. The first-order chi connectivity index (χ1) is 13.5. The Morgan fingerprint density at radius 2 is 1.79 bits per heavy atom. The highest BCUT2D eigenvalue weighted by atomic mass is 32.1. The standard InChI is InChI=1S/C21H19N3O3S/c1-14-6-11-19(28-14)13-22-24-21(26)16-4-3-5-17(12-16)23-20(25)15-7-9-18(27-2)10-8-15/h3-13H,1-2H3,(H,23,25)(H,24,26)/b22-13+. The summed E-state index contributed by atoms with van der Waals surface area (Å²) in [6, 6.07) is 17.4. The zero-order chi connectivity index (χ0) is 19.9. The number of ether oxygens (including phenoxy) is 1. The molecule has 28 heavy (non-hydrogen) atoms. The molecule has 0 fully saturated rings. The molecule has 142 valence electrons. The molecule has 3 aromatic rings. The lowest BCUT2D eigenvalue weighted by atomic mass is 10.1. The van der Waals surface area contributed by atoms with Crippen molar-refractivity contribution in [3.63, 3.8) is 0 Å². The smallest absolute Gasteiger partial charge is 0.271 e. The molecule has 2 N–H and O–H groups in total. The SMILES string of the molecule is COc1ccc(C(=O)Nc2cccc(C(=O)N/N=C/c3ccc(C)s3)c2)cc1. The van der Waals surface area contributed by atoms with E-state index in [4.69, 9.17) is 4.74 Å². The maximum absolute atomic E-state index is 12.4. The Morgan fingerprint density at radius 3 is 2.46 bits per heavy atom. The second kappa shape index (κ2) is 8.96. The van der Waals surface area contributed by atoms with Crippen molar-refractivity contribution in [1.29, 1.82) is 0 Å². The second-order valence-electron chi connectivity index (χ2n) is 5.91. The van der Waals surface area contributed by atoms with Crippen LogP contribution >= 0.6 is 11.3 Å². The summed E-state index contributed by atoms with van der Waals surface area (Å²) in [5.41, 5.74) is 3.90. The number of methoxy groups -OCH3 is 1. The normalized spacial score (nSPS) is 10.6. The van der Waals surface area contributed by atoms with Gasteiger partial charge in [0.05, 0.1) is 13.3 Å². The van der Waals surface area contributed by atoms with Crippen LogP contribution in [0.1, 0.15) is 30.5 Å². The van der Waals surface area contributed by atoms with E-state index in [1.807, 2.05) is 19.1 Å².